The number of benzene rings is 1. The highest BCUT2D eigenvalue weighted by atomic mass is 32.1. The van der Waals surface area contributed by atoms with Gasteiger partial charge in [0.1, 0.15) is 5.82 Å². The van der Waals surface area contributed by atoms with Gasteiger partial charge < -0.3 is 9.80 Å². The number of halogens is 1. The van der Waals surface area contributed by atoms with Crippen LogP contribution in [-0.4, -0.2) is 48.9 Å². The molecule has 0 atom stereocenters. The number of rotatable bonds is 3. The highest BCUT2D eigenvalue weighted by Crippen LogP contribution is 2.24. The van der Waals surface area contributed by atoms with Crippen LogP contribution in [0.4, 0.5) is 4.39 Å². The molecule has 3 nitrogen and oxygen atoms in total. The van der Waals surface area contributed by atoms with Gasteiger partial charge in [-0.3, -0.25) is 4.79 Å². The summed E-state index contributed by atoms with van der Waals surface area (Å²) in [6.45, 7) is 3.19. The van der Waals surface area contributed by atoms with Crippen LogP contribution in [-0.2, 0) is 4.79 Å². The second-order valence-electron chi connectivity index (χ2n) is 5.68. The van der Waals surface area contributed by atoms with Gasteiger partial charge in [-0.1, -0.05) is 18.2 Å². The van der Waals surface area contributed by atoms with Crippen LogP contribution in [0, 0.1) is 5.82 Å². The van der Waals surface area contributed by atoms with E-state index in [1.54, 1.807) is 23.5 Å². The molecule has 2 heterocycles. The lowest BCUT2D eigenvalue weighted by Gasteiger charge is -2.33. The quantitative estimate of drug-likeness (QED) is 0.807. The molecular formula is C18H19FN2OS. The first-order valence-corrected chi connectivity index (χ1v) is 8.50. The summed E-state index contributed by atoms with van der Waals surface area (Å²) in [5.74, 6) is -0.283. The maximum Gasteiger partial charge on any atom is 0.254 e. The molecule has 1 aromatic heterocycles. The van der Waals surface area contributed by atoms with Crippen molar-refractivity contribution in [3.63, 3.8) is 0 Å². The standard InChI is InChI=1S/C18H19FN2OS/c1-20-8-10-21(11-9-20)18(22)17(13-16-3-2-12-23-16)14-4-6-15(19)7-5-14/h2-7,12-13H,8-11H2,1H3/b17-13+. The van der Waals surface area contributed by atoms with Gasteiger partial charge in [0.25, 0.3) is 5.91 Å². The summed E-state index contributed by atoms with van der Waals surface area (Å²) in [5.41, 5.74) is 1.38. The molecule has 2 aromatic rings. The van der Waals surface area contributed by atoms with Crippen LogP contribution in [0.25, 0.3) is 11.6 Å². The lowest BCUT2D eigenvalue weighted by Crippen LogP contribution is -2.47. The Bertz CT molecular complexity index is 686. The van der Waals surface area contributed by atoms with Gasteiger partial charge in [-0.05, 0) is 42.3 Å². The first-order valence-electron chi connectivity index (χ1n) is 7.62. The second kappa shape index (κ2) is 7.06. The van der Waals surface area contributed by atoms with Gasteiger partial charge in [-0.15, -0.1) is 11.3 Å². The topological polar surface area (TPSA) is 23.6 Å². The minimum absolute atomic E-state index is 0.0121. The van der Waals surface area contributed by atoms with E-state index < -0.39 is 0 Å². The molecule has 1 aliphatic rings. The molecular weight excluding hydrogens is 311 g/mol. The van der Waals surface area contributed by atoms with Crippen molar-refractivity contribution in [3.8, 4) is 0 Å². The molecule has 120 valence electrons. The zero-order valence-corrected chi connectivity index (χ0v) is 13.9. The smallest absolute Gasteiger partial charge is 0.254 e. The van der Waals surface area contributed by atoms with Crippen LogP contribution in [0.3, 0.4) is 0 Å². The van der Waals surface area contributed by atoms with Crippen molar-refractivity contribution < 1.29 is 9.18 Å². The summed E-state index contributed by atoms with van der Waals surface area (Å²) < 4.78 is 13.2. The molecule has 0 spiro atoms. The maximum absolute atomic E-state index is 13.2. The van der Waals surface area contributed by atoms with Crippen LogP contribution in [0.15, 0.2) is 41.8 Å². The van der Waals surface area contributed by atoms with Gasteiger partial charge in [0.2, 0.25) is 0 Å². The first-order chi connectivity index (χ1) is 11.1. The summed E-state index contributed by atoms with van der Waals surface area (Å²) in [7, 11) is 2.06. The van der Waals surface area contributed by atoms with Crippen molar-refractivity contribution in [1.82, 2.24) is 9.80 Å². The summed E-state index contributed by atoms with van der Waals surface area (Å²) in [5, 5.41) is 1.98. The molecule has 1 saturated heterocycles. The molecule has 5 heteroatoms. The zero-order chi connectivity index (χ0) is 16.2. The normalized spacial score (nSPS) is 16.6. The van der Waals surface area contributed by atoms with Crippen molar-refractivity contribution in [2.75, 3.05) is 33.2 Å². The fourth-order valence-electron chi connectivity index (χ4n) is 2.59. The maximum atomic E-state index is 13.2. The molecule has 3 rings (SSSR count). The Hall–Kier alpha value is -1.98. The summed E-state index contributed by atoms with van der Waals surface area (Å²) in [6.07, 6.45) is 1.90. The van der Waals surface area contributed by atoms with Crippen LogP contribution < -0.4 is 0 Å². The molecule has 0 bridgehead atoms. The number of piperazine rings is 1. The third-order valence-electron chi connectivity index (χ3n) is 4.01. The molecule has 1 aromatic carbocycles. The molecule has 0 radical (unpaired) electrons. The third kappa shape index (κ3) is 3.86. The van der Waals surface area contributed by atoms with E-state index in [-0.39, 0.29) is 11.7 Å². The minimum Gasteiger partial charge on any atom is -0.336 e. The van der Waals surface area contributed by atoms with Gasteiger partial charge in [0, 0.05) is 36.6 Å². The lowest BCUT2D eigenvalue weighted by atomic mass is 10.0. The molecule has 0 N–H and O–H groups in total. The van der Waals surface area contributed by atoms with Gasteiger partial charge in [-0.2, -0.15) is 0 Å². The molecule has 1 aliphatic heterocycles. The van der Waals surface area contributed by atoms with Gasteiger partial charge >= 0.3 is 0 Å². The summed E-state index contributed by atoms with van der Waals surface area (Å²) in [6, 6.07) is 10.1. The zero-order valence-electron chi connectivity index (χ0n) is 13.0. The van der Waals surface area contributed by atoms with Crippen LogP contribution in [0.5, 0.6) is 0 Å². The molecule has 0 aliphatic carbocycles. The number of carbonyl (C=O) groups excluding carboxylic acids is 1. The molecule has 1 amide bonds. The Kier molecular flexibility index (Phi) is 4.88. The Balaban J connectivity index is 1.92. The predicted molar refractivity (Wildman–Crippen MR) is 92.7 cm³/mol. The largest absolute Gasteiger partial charge is 0.336 e. The van der Waals surface area contributed by atoms with E-state index in [2.05, 4.69) is 11.9 Å². The molecule has 23 heavy (non-hydrogen) atoms. The Morgan fingerprint density at radius 2 is 1.83 bits per heavy atom. The molecule has 0 unspecified atom stereocenters. The van der Waals surface area contributed by atoms with Crippen molar-refractivity contribution in [3.05, 3.63) is 58.0 Å². The van der Waals surface area contributed by atoms with Crippen molar-refractivity contribution >= 4 is 28.9 Å². The van der Waals surface area contributed by atoms with E-state index in [0.29, 0.717) is 5.57 Å². The number of likely N-dealkylation sites (N-methyl/N-ethyl adjacent to an activating group) is 1. The van der Waals surface area contributed by atoms with E-state index in [1.807, 2.05) is 28.5 Å². The number of amides is 1. The lowest BCUT2D eigenvalue weighted by molar-refractivity contribution is -0.126. The van der Waals surface area contributed by atoms with E-state index in [9.17, 15) is 9.18 Å². The summed E-state index contributed by atoms with van der Waals surface area (Å²) >= 11 is 1.58. The van der Waals surface area contributed by atoms with Gasteiger partial charge in [-0.25, -0.2) is 4.39 Å². The van der Waals surface area contributed by atoms with E-state index >= 15 is 0 Å². The number of carbonyl (C=O) groups is 1. The predicted octanol–water partition coefficient (Wildman–Crippen LogP) is 3.20. The number of hydrogen-bond donors (Lipinski definition) is 0. The number of thiophene rings is 1. The average molecular weight is 330 g/mol. The fraction of sp³-hybridized carbons (Fsp3) is 0.278. The van der Waals surface area contributed by atoms with Gasteiger partial charge in [0.15, 0.2) is 0 Å². The second-order valence-corrected chi connectivity index (χ2v) is 6.66. The Morgan fingerprint density at radius 1 is 1.13 bits per heavy atom. The minimum atomic E-state index is -0.295. The average Bonchev–Trinajstić information content (AvgIpc) is 3.07. The van der Waals surface area contributed by atoms with Crippen molar-refractivity contribution in [2.45, 2.75) is 0 Å². The fourth-order valence-corrected chi connectivity index (χ4v) is 3.25. The van der Waals surface area contributed by atoms with Crippen LogP contribution in [0.1, 0.15) is 10.4 Å². The van der Waals surface area contributed by atoms with Crippen LogP contribution >= 0.6 is 11.3 Å². The molecule has 0 saturated carbocycles. The third-order valence-corrected chi connectivity index (χ3v) is 4.83. The van der Waals surface area contributed by atoms with Crippen molar-refractivity contribution in [1.29, 1.82) is 0 Å². The first kappa shape index (κ1) is 15.9. The van der Waals surface area contributed by atoms with E-state index in [4.69, 9.17) is 0 Å². The SMILES string of the molecule is CN1CCN(C(=O)/C(=C/c2cccs2)c2ccc(F)cc2)CC1. The van der Waals surface area contributed by atoms with Crippen molar-refractivity contribution in [2.24, 2.45) is 0 Å². The Morgan fingerprint density at radius 3 is 2.43 bits per heavy atom. The van der Waals surface area contributed by atoms with E-state index in [1.165, 1.54) is 12.1 Å². The summed E-state index contributed by atoms with van der Waals surface area (Å²) in [4.78, 5) is 18.1. The van der Waals surface area contributed by atoms with Crippen LogP contribution in [0.2, 0.25) is 0 Å². The number of hydrogen-bond acceptors (Lipinski definition) is 3. The highest BCUT2D eigenvalue weighted by Gasteiger charge is 2.23. The highest BCUT2D eigenvalue weighted by molar-refractivity contribution is 7.11. The van der Waals surface area contributed by atoms with Gasteiger partial charge in [0.05, 0.1) is 0 Å². The number of nitrogens with zero attached hydrogens (tertiary/aromatic N) is 2. The molecule has 1 fully saturated rings. The monoisotopic (exact) mass is 330 g/mol. The Labute approximate surface area is 139 Å². The van der Waals surface area contributed by atoms with E-state index in [0.717, 1.165) is 36.6 Å².